The molecule has 1 heterocycles. The number of amides is 2. The Labute approximate surface area is 325 Å². The Balaban J connectivity index is 1.61. The zero-order chi connectivity index (χ0) is 41.3. The van der Waals surface area contributed by atoms with Gasteiger partial charge in [0.15, 0.2) is 11.5 Å². The van der Waals surface area contributed by atoms with Gasteiger partial charge >= 0.3 is 24.0 Å². The van der Waals surface area contributed by atoms with Crippen molar-refractivity contribution in [1.29, 1.82) is 5.41 Å². The van der Waals surface area contributed by atoms with E-state index in [-0.39, 0.29) is 40.6 Å². The molecule has 14 nitrogen and oxygen atoms in total. The van der Waals surface area contributed by atoms with Crippen LogP contribution in [0.1, 0.15) is 108 Å². The van der Waals surface area contributed by atoms with Crippen LogP contribution in [-0.4, -0.2) is 65.6 Å². The van der Waals surface area contributed by atoms with Crippen LogP contribution >= 0.6 is 0 Å². The third-order valence-electron chi connectivity index (χ3n) is 8.67. The fourth-order valence-corrected chi connectivity index (χ4v) is 5.28. The summed E-state index contributed by atoms with van der Waals surface area (Å²) >= 11 is 0. The first-order valence-corrected chi connectivity index (χ1v) is 18.3. The molecule has 0 aliphatic heterocycles. The molecule has 1 fully saturated rings. The van der Waals surface area contributed by atoms with Gasteiger partial charge in [-0.2, -0.15) is 0 Å². The van der Waals surface area contributed by atoms with Crippen LogP contribution in [0.15, 0.2) is 55.1 Å². The van der Waals surface area contributed by atoms with E-state index in [0.29, 0.717) is 34.7 Å². The average molecular weight is 769 g/mol. The Morgan fingerprint density at radius 1 is 0.839 bits per heavy atom. The molecule has 0 radical (unpaired) electrons. The fraction of sp³-hybridized carbons (Fsp3) is 0.381. The van der Waals surface area contributed by atoms with Gasteiger partial charge in [0.25, 0.3) is 5.91 Å². The molecule has 56 heavy (non-hydrogen) atoms. The third-order valence-corrected chi connectivity index (χ3v) is 8.67. The standard InChI is InChI=1S/C42H48N4O10/c1-9-29-20-33(35(47)19-27-12-14-30(15-13-27)37(43)46-42(52)56-26(8)54-40(50)23(4)5)32(18-24(29)6)31-16-17-34(38(48)44-21-28-10-11-28)45-36(31)41(51)55-25(7)53-39(49)22(2)3/h9,12-18,20,22-23,25-26,28H,1,10-11,19,21H2,2-8H3,(H,44,48)(H2,43,46,52). The minimum absolute atomic E-state index is 0.0297. The summed E-state index contributed by atoms with van der Waals surface area (Å²) < 4.78 is 20.7. The van der Waals surface area contributed by atoms with Crippen molar-refractivity contribution < 1.29 is 47.7 Å². The summed E-state index contributed by atoms with van der Waals surface area (Å²) in [5.74, 6) is -3.64. The normalized spacial score (nSPS) is 13.2. The second-order valence-corrected chi connectivity index (χ2v) is 14.1. The van der Waals surface area contributed by atoms with Crippen molar-refractivity contribution in [1.82, 2.24) is 15.6 Å². The molecule has 2 unspecified atom stereocenters. The van der Waals surface area contributed by atoms with E-state index in [4.69, 9.17) is 24.4 Å². The number of hydrogen-bond donors (Lipinski definition) is 3. The first-order chi connectivity index (χ1) is 26.5. The van der Waals surface area contributed by atoms with Crippen molar-refractivity contribution in [2.45, 2.75) is 80.3 Å². The Kier molecular flexibility index (Phi) is 14.4. The first-order valence-electron chi connectivity index (χ1n) is 18.3. The van der Waals surface area contributed by atoms with Crippen molar-refractivity contribution in [2.24, 2.45) is 17.8 Å². The van der Waals surface area contributed by atoms with Crippen molar-refractivity contribution in [3.8, 4) is 11.1 Å². The molecule has 0 saturated heterocycles. The monoisotopic (exact) mass is 768 g/mol. The van der Waals surface area contributed by atoms with E-state index < -0.39 is 54.3 Å². The van der Waals surface area contributed by atoms with E-state index in [1.807, 2.05) is 6.92 Å². The van der Waals surface area contributed by atoms with Crippen molar-refractivity contribution in [3.05, 3.63) is 94.3 Å². The molecular weight excluding hydrogens is 720 g/mol. The van der Waals surface area contributed by atoms with Crippen molar-refractivity contribution in [3.63, 3.8) is 0 Å². The van der Waals surface area contributed by atoms with E-state index in [1.54, 1.807) is 70.2 Å². The Morgan fingerprint density at radius 3 is 2.02 bits per heavy atom. The number of alkyl carbamates (subject to hydrolysis) is 1. The second kappa shape index (κ2) is 18.9. The molecule has 0 spiro atoms. The van der Waals surface area contributed by atoms with Gasteiger partial charge in [-0.1, -0.05) is 70.7 Å². The number of carbonyl (C=O) groups excluding carboxylic acids is 6. The van der Waals surface area contributed by atoms with E-state index >= 15 is 0 Å². The number of hydrogen-bond acceptors (Lipinski definition) is 12. The highest BCUT2D eigenvalue weighted by Crippen LogP contribution is 2.32. The zero-order valence-corrected chi connectivity index (χ0v) is 32.6. The summed E-state index contributed by atoms with van der Waals surface area (Å²) in [4.78, 5) is 81.5. The van der Waals surface area contributed by atoms with Gasteiger partial charge in [-0.15, -0.1) is 0 Å². The summed E-state index contributed by atoms with van der Waals surface area (Å²) in [6.07, 6.45) is 0.140. The lowest BCUT2D eigenvalue weighted by Gasteiger charge is -2.18. The van der Waals surface area contributed by atoms with Crippen LogP contribution in [-0.2, 0) is 35.0 Å². The number of aryl methyl sites for hydroxylation is 1. The lowest BCUT2D eigenvalue weighted by Crippen LogP contribution is -2.35. The van der Waals surface area contributed by atoms with Crippen LogP contribution in [0.5, 0.6) is 0 Å². The van der Waals surface area contributed by atoms with Gasteiger partial charge in [0.1, 0.15) is 11.5 Å². The maximum atomic E-state index is 14.1. The zero-order valence-electron chi connectivity index (χ0n) is 32.6. The molecule has 0 bridgehead atoms. The number of aromatic nitrogens is 1. The number of Topliss-reactive ketones (excluding diaryl/α,β-unsaturated/α-hetero) is 1. The fourth-order valence-electron chi connectivity index (χ4n) is 5.28. The number of rotatable bonds is 16. The van der Waals surface area contributed by atoms with E-state index in [1.165, 1.54) is 26.0 Å². The number of ketones is 1. The maximum absolute atomic E-state index is 14.1. The van der Waals surface area contributed by atoms with E-state index in [2.05, 4.69) is 22.2 Å². The lowest BCUT2D eigenvalue weighted by atomic mass is 9.89. The third kappa shape index (κ3) is 11.7. The van der Waals surface area contributed by atoms with Gasteiger partial charge in [-0.25, -0.2) is 14.6 Å². The quantitative estimate of drug-likeness (QED) is 0.0468. The number of esters is 3. The molecule has 2 atom stereocenters. The summed E-state index contributed by atoms with van der Waals surface area (Å²) in [6.45, 7) is 15.5. The van der Waals surface area contributed by atoms with Crippen LogP contribution in [0.4, 0.5) is 4.79 Å². The van der Waals surface area contributed by atoms with Gasteiger partial charge in [0, 0.05) is 43.5 Å². The van der Waals surface area contributed by atoms with Crippen LogP contribution in [0, 0.1) is 30.1 Å². The Bertz CT molecular complexity index is 2020. The van der Waals surface area contributed by atoms with Gasteiger partial charge in [0.05, 0.1) is 11.8 Å². The number of ether oxygens (including phenoxy) is 4. The molecule has 3 aromatic rings. The van der Waals surface area contributed by atoms with Gasteiger partial charge in [0.2, 0.25) is 12.6 Å². The highest BCUT2D eigenvalue weighted by atomic mass is 16.7. The summed E-state index contributed by atoms with van der Waals surface area (Å²) in [6, 6.07) is 12.8. The summed E-state index contributed by atoms with van der Waals surface area (Å²) in [7, 11) is 0. The van der Waals surface area contributed by atoms with Gasteiger partial charge in [-0.05, 0) is 66.1 Å². The summed E-state index contributed by atoms with van der Waals surface area (Å²) in [5.41, 5.74) is 2.84. The van der Waals surface area contributed by atoms with Crippen LogP contribution in [0.3, 0.4) is 0 Å². The number of amidine groups is 1. The molecule has 2 amide bonds. The largest absolute Gasteiger partial charge is 0.425 e. The molecule has 1 aliphatic rings. The number of benzene rings is 2. The second-order valence-electron chi connectivity index (χ2n) is 14.1. The van der Waals surface area contributed by atoms with E-state index in [0.717, 1.165) is 18.4 Å². The number of nitrogens with zero attached hydrogens (tertiary/aromatic N) is 1. The molecular formula is C42H48N4O10. The number of pyridine rings is 1. The first kappa shape index (κ1) is 42.6. The molecule has 296 valence electrons. The van der Waals surface area contributed by atoms with Gasteiger partial charge in [-0.3, -0.25) is 29.9 Å². The molecule has 1 saturated carbocycles. The van der Waals surface area contributed by atoms with Crippen molar-refractivity contribution >= 4 is 47.6 Å². The highest BCUT2D eigenvalue weighted by Gasteiger charge is 2.28. The maximum Gasteiger partial charge on any atom is 0.415 e. The average Bonchev–Trinajstić information content (AvgIpc) is 3.98. The van der Waals surface area contributed by atoms with E-state index in [9.17, 15) is 28.8 Å². The van der Waals surface area contributed by atoms with Crippen LogP contribution < -0.4 is 10.6 Å². The topological polar surface area (TPSA) is 200 Å². The predicted molar refractivity (Wildman–Crippen MR) is 207 cm³/mol. The molecule has 3 N–H and O–H groups in total. The summed E-state index contributed by atoms with van der Waals surface area (Å²) in [5, 5.41) is 13.4. The minimum Gasteiger partial charge on any atom is -0.425 e. The number of nitrogens with one attached hydrogen (secondary N) is 3. The molecule has 4 rings (SSSR count). The lowest BCUT2D eigenvalue weighted by molar-refractivity contribution is -0.170. The molecule has 2 aromatic carbocycles. The predicted octanol–water partition coefficient (Wildman–Crippen LogP) is 6.56. The molecule has 14 heteroatoms. The van der Waals surface area contributed by atoms with Crippen molar-refractivity contribution in [2.75, 3.05) is 6.54 Å². The SMILES string of the molecule is C=Cc1cc(C(=O)Cc2ccc(C(=N)NC(=O)OC(C)OC(=O)C(C)C)cc2)c(-c2ccc(C(=O)NCC3CC3)nc2C(=O)OC(C)OC(=O)C(C)C)cc1C. The minimum atomic E-state index is -1.27. The van der Waals surface area contributed by atoms with Crippen LogP contribution in [0.25, 0.3) is 17.2 Å². The smallest absolute Gasteiger partial charge is 0.415 e. The van der Waals surface area contributed by atoms with Crippen LogP contribution in [0.2, 0.25) is 0 Å². The number of carbonyl (C=O) groups is 6. The molecule has 1 aromatic heterocycles. The Morgan fingerprint density at radius 2 is 1.45 bits per heavy atom. The Hall–Kier alpha value is -6.18. The van der Waals surface area contributed by atoms with Gasteiger partial charge < -0.3 is 24.3 Å². The molecule has 1 aliphatic carbocycles. The highest BCUT2D eigenvalue weighted by molar-refractivity contribution is 6.08.